The molecular formula is C17H16BrNO2. The number of halogens is 1. The van der Waals surface area contributed by atoms with Gasteiger partial charge in [0.05, 0.1) is 6.54 Å². The van der Waals surface area contributed by atoms with Gasteiger partial charge in [-0.15, -0.1) is 0 Å². The largest absolute Gasteiger partial charge is 0.492 e. The van der Waals surface area contributed by atoms with Crippen molar-refractivity contribution in [2.45, 2.75) is 0 Å². The smallest absolute Gasteiger partial charge is 0.244 e. The molecule has 4 heteroatoms. The highest BCUT2D eigenvalue weighted by Gasteiger charge is 1.97. The second-order valence-electron chi connectivity index (χ2n) is 4.31. The molecule has 3 nitrogen and oxygen atoms in total. The van der Waals surface area contributed by atoms with Crippen LogP contribution in [-0.4, -0.2) is 19.1 Å². The number of para-hydroxylation sites is 1. The fourth-order valence-corrected chi connectivity index (χ4v) is 2.11. The molecule has 1 amide bonds. The number of benzene rings is 2. The van der Waals surface area contributed by atoms with E-state index in [-0.39, 0.29) is 5.91 Å². The Morgan fingerprint density at radius 3 is 2.57 bits per heavy atom. The van der Waals surface area contributed by atoms with Crippen molar-refractivity contribution >= 4 is 27.9 Å². The lowest BCUT2D eigenvalue weighted by molar-refractivity contribution is -0.116. The van der Waals surface area contributed by atoms with Crippen LogP contribution in [0.4, 0.5) is 0 Å². The van der Waals surface area contributed by atoms with E-state index in [1.807, 2.05) is 54.6 Å². The Kier molecular flexibility index (Phi) is 6.03. The van der Waals surface area contributed by atoms with Crippen LogP contribution in [0, 0.1) is 0 Å². The molecule has 0 aliphatic rings. The van der Waals surface area contributed by atoms with Gasteiger partial charge in [-0.25, -0.2) is 0 Å². The van der Waals surface area contributed by atoms with Gasteiger partial charge in [-0.1, -0.05) is 52.3 Å². The average Bonchev–Trinajstić information content (AvgIpc) is 2.52. The topological polar surface area (TPSA) is 38.3 Å². The predicted molar refractivity (Wildman–Crippen MR) is 88.1 cm³/mol. The second-order valence-corrected chi connectivity index (χ2v) is 5.16. The van der Waals surface area contributed by atoms with Gasteiger partial charge in [0.2, 0.25) is 5.91 Å². The maximum absolute atomic E-state index is 11.7. The fourth-order valence-electron chi connectivity index (χ4n) is 1.69. The summed E-state index contributed by atoms with van der Waals surface area (Å²) >= 11 is 3.43. The first-order valence-electron chi connectivity index (χ1n) is 6.64. The van der Waals surface area contributed by atoms with Crippen molar-refractivity contribution in [3.63, 3.8) is 0 Å². The van der Waals surface area contributed by atoms with Crippen LogP contribution in [0.5, 0.6) is 5.75 Å². The van der Waals surface area contributed by atoms with Crippen molar-refractivity contribution in [3.8, 4) is 5.75 Å². The van der Waals surface area contributed by atoms with Crippen LogP contribution >= 0.6 is 15.9 Å². The van der Waals surface area contributed by atoms with E-state index < -0.39 is 0 Å². The van der Waals surface area contributed by atoms with E-state index in [0.29, 0.717) is 13.2 Å². The predicted octanol–water partition coefficient (Wildman–Crippen LogP) is 3.66. The number of nitrogens with one attached hydrogen (secondary N) is 1. The maximum atomic E-state index is 11.7. The molecule has 0 radical (unpaired) electrons. The third kappa shape index (κ3) is 5.44. The number of ether oxygens (including phenoxy) is 1. The van der Waals surface area contributed by atoms with Gasteiger partial charge < -0.3 is 10.1 Å². The number of carbonyl (C=O) groups is 1. The van der Waals surface area contributed by atoms with Gasteiger partial charge in [-0.2, -0.15) is 0 Å². The molecule has 0 spiro atoms. The van der Waals surface area contributed by atoms with Gasteiger partial charge in [-0.3, -0.25) is 4.79 Å². The molecule has 0 heterocycles. The summed E-state index contributed by atoms with van der Waals surface area (Å²) in [5.74, 6) is 0.665. The van der Waals surface area contributed by atoms with E-state index in [2.05, 4.69) is 21.2 Å². The lowest BCUT2D eigenvalue weighted by Gasteiger charge is -2.06. The second kappa shape index (κ2) is 8.27. The van der Waals surface area contributed by atoms with Crippen LogP contribution in [0.2, 0.25) is 0 Å². The highest BCUT2D eigenvalue weighted by atomic mass is 79.9. The van der Waals surface area contributed by atoms with Crippen molar-refractivity contribution in [1.82, 2.24) is 5.32 Å². The average molecular weight is 346 g/mol. The Labute approximate surface area is 132 Å². The van der Waals surface area contributed by atoms with Crippen LogP contribution in [0.25, 0.3) is 6.08 Å². The van der Waals surface area contributed by atoms with Crippen molar-refractivity contribution in [3.05, 3.63) is 70.7 Å². The summed E-state index contributed by atoms with van der Waals surface area (Å²) in [6, 6.07) is 17.3. The standard InChI is InChI=1S/C17H16BrNO2/c18-16-9-5-4-6-14(16)10-11-17(20)19-12-13-21-15-7-2-1-3-8-15/h1-11H,12-13H2,(H,19,20). The third-order valence-electron chi connectivity index (χ3n) is 2.73. The Morgan fingerprint density at radius 1 is 1.10 bits per heavy atom. The lowest BCUT2D eigenvalue weighted by Crippen LogP contribution is -2.26. The number of carbonyl (C=O) groups excluding carboxylic acids is 1. The van der Waals surface area contributed by atoms with Gasteiger partial charge >= 0.3 is 0 Å². The summed E-state index contributed by atoms with van der Waals surface area (Å²) in [4.78, 5) is 11.7. The van der Waals surface area contributed by atoms with E-state index >= 15 is 0 Å². The molecule has 0 aliphatic heterocycles. The third-order valence-corrected chi connectivity index (χ3v) is 3.45. The van der Waals surface area contributed by atoms with E-state index in [4.69, 9.17) is 4.74 Å². The molecule has 0 saturated carbocycles. The summed E-state index contributed by atoms with van der Waals surface area (Å²) in [6.07, 6.45) is 3.29. The number of hydrogen-bond acceptors (Lipinski definition) is 2. The summed E-state index contributed by atoms with van der Waals surface area (Å²) in [5.41, 5.74) is 0.966. The van der Waals surface area contributed by atoms with Crippen LogP contribution < -0.4 is 10.1 Å². The van der Waals surface area contributed by atoms with Crippen molar-refractivity contribution < 1.29 is 9.53 Å². The van der Waals surface area contributed by atoms with Crippen LogP contribution in [0.15, 0.2) is 65.1 Å². The van der Waals surface area contributed by atoms with Crippen LogP contribution in [0.3, 0.4) is 0 Å². The minimum absolute atomic E-state index is 0.137. The van der Waals surface area contributed by atoms with E-state index in [0.717, 1.165) is 15.8 Å². The zero-order chi connectivity index (χ0) is 14.9. The zero-order valence-corrected chi connectivity index (χ0v) is 13.0. The molecule has 0 unspecified atom stereocenters. The Morgan fingerprint density at radius 2 is 1.81 bits per heavy atom. The normalized spacial score (nSPS) is 10.5. The molecule has 108 valence electrons. The molecule has 0 saturated heterocycles. The molecule has 0 aliphatic carbocycles. The minimum Gasteiger partial charge on any atom is -0.492 e. The summed E-state index contributed by atoms with van der Waals surface area (Å²) < 4.78 is 6.45. The molecule has 0 bridgehead atoms. The highest BCUT2D eigenvalue weighted by molar-refractivity contribution is 9.10. The summed E-state index contributed by atoms with van der Waals surface area (Å²) in [5, 5.41) is 2.78. The molecule has 0 aromatic heterocycles. The fraction of sp³-hybridized carbons (Fsp3) is 0.118. The summed E-state index contributed by atoms with van der Waals surface area (Å²) in [7, 11) is 0. The van der Waals surface area contributed by atoms with E-state index in [9.17, 15) is 4.79 Å². The highest BCUT2D eigenvalue weighted by Crippen LogP contribution is 2.16. The van der Waals surface area contributed by atoms with E-state index in [1.165, 1.54) is 6.08 Å². The maximum Gasteiger partial charge on any atom is 0.244 e. The van der Waals surface area contributed by atoms with Crippen molar-refractivity contribution in [1.29, 1.82) is 0 Å². The Hall–Kier alpha value is -2.07. The molecule has 0 atom stereocenters. The molecule has 2 aromatic carbocycles. The molecule has 0 fully saturated rings. The molecule has 2 aromatic rings. The van der Waals surface area contributed by atoms with Crippen molar-refractivity contribution in [2.24, 2.45) is 0 Å². The van der Waals surface area contributed by atoms with Gasteiger partial charge in [0, 0.05) is 10.5 Å². The number of rotatable bonds is 6. The monoisotopic (exact) mass is 345 g/mol. The first-order valence-corrected chi connectivity index (χ1v) is 7.43. The molecular weight excluding hydrogens is 330 g/mol. The van der Waals surface area contributed by atoms with Gasteiger partial charge in [0.15, 0.2) is 0 Å². The SMILES string of the molecule is O=C(C=Cc1ccccc1Br)NCCOc1ccccc1. The van der Waals surface area contributed by atoms with Crippen molar-refractivity contribution in [2.75, 3.05) is 13.2 Å². The first-order chi connectivity index (χ1) is 10.3. The number of hydrogen-bond donors (Lipinski definition) is 1. The minimum atomic E-state index is -0.137. The van der Waals surface area contributed by atoms with Gasteiger partial charge in [-0.05, 0) is 29.8 Å². The summed E-state index contributed by atoms with van der Waals surface area (Å²) in [6.45, 7) is 0.909. The zero-order valence-electron chi connectivity index (χ0n) is 11.5. The number of amides is 1. The first kappa shape index (κ1) is 15.3. The van der Waals surface area contributed by atoms with Crippen LogP contribution in [-0.2, 0) is 4.79 Å². The van der Waals surface area contributed by atoms with Gasteiger partial charge in [0.25, 0.3) is 0 Å². The molecule has 21 heavy (non-hydrogen) atoms. The quantitative estimate of drug-likeness (QED) is 0.640. The molecule has 1 N–H and O–H groups in total. The van der Waals surface area contributed by atoms with Crippen LogP contribution in [0.1, 0.15) is 5.56 Å². The lowest BCUT2D eigenvalue weighted by atomic mass is 10.2. The Bertz CT molecular complexity index is 611. The van der Waals surface area contributed by atoms with Gasteiger partial charge in [0.1, 0.15) is 12.4 Å². The molecule has 2 rings (SSSR count). The van der Waals surface area contributed by atoms with E-state index in [1.54, 1.807) is 6.08 Å². The Balaban J connectivity index is 1.72.